The molecule has 1 heterocycles. The Morgan fingerprint density at radius 3 is 2.06 bits per heavy atom. The van der Waals surface area contributed by atoms with Gasteiger partial charge in [0.1, 0.15) is 5.76 Å². The van der Waals surface area contributed by atoms with Crippen LogP contribution < -0.4 is 15.4 Å². The Balaban J connectivity index is 1.53. The van der Waals surface area contributed by atoms with Gasteiger partial charge in [-0.05, 0) is 55.5 Å². The maximum atomic E-state index is 13.1. The number of furan rings is 1. The number of aryl methyl sites for hydroxylation is 1. The van der Waals surface area contributed by atoms with E-state index in [0.717, 1.165) is 5.56 Å². The molecule has 0 aliphatic rings. The Bertz CT molecular complexity index is 1450. The summed E-state index contributed by atoms with van der Waals surface area (Å²) in [5.74, 6) is -0.376. The lowest BCUT2D eigenvalue weighted by Crippen LogP contribution is -2.25. The predicted molar refractivity (Wildman–Crippen MR) is 133 cm³/mol. The lowest BCUT2D eigenvalue weighted by molar-refractivity contribution is 0.0949. The highest BCUT2D eigenvalue weighted by atomic mass is 32.2. The minimum atomic E-state index is -3.91. The van der Waals surface area contributed by atoms with E-state index in [-0.39, 0.29) is 33.9 Å². The molecule has 0 saturated carbocycles. The van der Waals surface area contributed by atoms with Gasteiger partial charge in [0.2, 0.25) is 0 Å². The molecule has 0 saturated heterocycles. The monoisotopic (exact) mass is 489 g/mol. The quantitative estimate of drug-likeness (QED) is 0.335. The maximum absolute atomic E-state index is 13.1. The van der Waals surface area contributed by atoms with Crippen molar-refractivity contribution >= 4 is 33.2 Å². The number of amides is 2. The first kappa shape index (κ1) is 23.8. The molecule has 2 amide bonds. The summed E-state index contributed by atoms with van der Waals surface area (Å²) in [5, 5.41) is 5.46. The van der Waals surface area contributed by atoms with E-state index in [0.29, 0.717) is 5.76 Å². The van der Waals surface area contributed by atoms with Crippen LogP contribution in [0.5, 0.6) is 0 Å². The van der Waals surface area contributed by atoms with Gasteiger partial charge in [0.25, 0.3) is 21.8 Å². The normalized spacial score (nSPS) is 11.0. The molecule has 3 aromatic carbocycles. The number of anilines is 2. The summed E-state index contributed by atoms with van der Waals surface area (Å²) in [4.78, 5) is 25.9. The summed E-state index contributed by atoms with van der Waals surface area (Å²) in [6.07, 6.45) is 1.51. The van der Waals surface area contributed by atoms with Crippen LogP contribution in [0.4, 0.5) is 11.4 Å². The van der Waals surface area contributed by atoms with E-state index in [1.165, 1.54) is 30.5 Å². The van der Waals surface area contributed by atoms with Crippen molar-refractivity contribution in [2.75, 3.05) is 10.0 Å². The van der Waals surface area contributed by atoms with Crippen LogP contribution in [-0.4, -0.2) is 20.2 Å². The van der Waals surface area contributed by atoms with Gasteiger partial charge in [-0.15, -0.1) is 0 Å². The topological polar surface area (TPSA) is 118 Å². The van der Waals surface area contributed by atoms with Crippen LogP contribution in [0.2, 0.25) is 0 Å². The van der Waals surface area contributed by atoms with Crippen molar-refractivity contribution in [3.05, 3.63) is 114 Å². The van der Waals surface area contributed by atoms with Gasteiger partial charge >= 0.3 is 0 Å². The molecule has 0 radical (unpaired) electrons. The molecular formula is C26H23N3O5S. The molecule has 0 aliphatic carbocycles. The SMILES string of the molecule is Cc1ccc(S(=O)(=O)Nc2ccccc2C(=O)Nc2ccccc2C(=O)NCc2ccco2)cc1. The number of sulfonamides is 1. The van der Waals surface area contributed by atoms with Crippen LogP contribution in [0.1, 0.15) is 32.0 Å². The van der Waals surface area contributed by atoms with E-state index in [9.17, 15) is 18.0 Å². The maximum Gasteiger partial charge on any atom is 0.261 e. The van der Waals surface area contributed by atoms with E-state index < -0.39 is 21.8 Å². The lowest BCUT2D eigenvalue weighted by atomic mass is 10.1. The zero-order valence-corrected chi connectivity index (χ0v) is 19.6. The van der Waals surface area contributed by atoms with E-state index in [4.69, 9.17) is 4.42 Å². The van der Waals surface area contributed by atoms with E-state index in [2.05, 4.69) is 15.4 Å². The fourth-order valence-corrected chi connectivity index (χ4v) is 4.43. The van der Waals surface area contributed by atoms with Crippen molar-refractivity contribution in [2.24, 2.45) is 0 Å². The largest absolute Gasteiger partial charge is 0.467 e. The van der Waals surface area contributed by atoms with Crippen LogP contribution in [0, 0.1) is 6.92 Å². The third-order valence-electron chi connectivity index (χ3n) is 5.17. The van der Waals surface area contributed by atoms with Crippen LogP contribution in [-0.2, 0) is 16.6 Å². The van der Waals surface area contributed by atoms with Crippen LogP contribution in [0.25, 0.3) is 0 Å². The average Bonchev–Trinajstić information content (AvgIpc) is 3.37. The van der Waals surface area contributed by atoms with Crippen molar-refractivity contribution in [3.63, 3.8) is 0 Å². The zero-order valence-electron chi connectivity index (χ0n) is 18.8. The number of hydrogen-bond acceptors (Lipinski definition) is 5. The number of carbonyl (C=O) groups excluding carboxylic acids is 2. The third-order valence-corrected chi connectivity index (χ3v) is 6.55. The molecule has 1 aromatic heterocycles. The molecule has 0 aliphatic heterocycles. The summed E-state index contributed by atoms with van der Waals surface area (Å²) in [6.45, 7) is 2.05. The van der Waals surface area contributed by atoms with Gasteiger partial charge in [0.15, 0.2) is 0 Å². The minimum absolute atomic E-state index is 0.0804. The highest BCUT2D eigenvalue weighted by Gasteiger charge is 2.20. The molecule has 3 N–H and O–H groups in total. The molecule has 0 fully saturated rings. The Morgan fingerprint density at radius 2 is 1.40 bits per heavy atom. The smallest absolute Gasteiger partial charge is 0.261 e. The van der Waals surface area contributed by atoms with Crippen molar-refractivity contribution in [1.82, 2.24) is 5.32 Å². The Morgan fingerprint density at radius 1 is 0.771 bits per heavy atom. The van der Waals surface area contributed by atoms with Crippen LogP contribution in [0.3, 0.4) is 0 Å². The van der Waals surface area contributed by atoms with Crippen molar-refractivity contribution < 1.29 is 22.4 Å². The first-order valence-electron chi connectivity index (χ1n) is 10.7. The molecule has 0 spiro atoms. The molecular weight excluding hydrogens is 466 g/mol. The fraction of sp³-hybridized carbons (Fsp3) is 0.0769. The minimum Gasteiger partial charge on any atom is -0.467 e. The molecule has 0 bridgehead atoms. The second-order valence-corrected chi connectivity index (χ2v) is 9.41. The predicted octanol–water partition coefficient (Wildman–Crippen LogP) is 4.57. The molecule has 4 aromatic rings. The average molecular weight is 490 g/mol. The third kappa shape index (κ3) is 5.77. The van der Waals surface area contributed by atoms with Gasteiger partial charge in [-0.1, -0.05) is 42.0 Å². The van der Waals surface area contributed by atoms with Gasteiger partial charge in [-0.25, -0.2) is 8.42 Å². The van der Waals surface area contributed by atoms with Gasteiger partial charge in [-0.3, -0.25) is 14.3 Å². The van der Waals surface area contributed by atoms with E-state index in [1.54, 1.807) is 60.7 Å². The first-order valence-corrected chi connectivity index (χ1v) is 12.2. The van der Waals surface area contributed by atoms with Gasteiger partial charge in [-0.2, -0.15) is 0 Å². The first-order chi connectivity index (χ1) is 16.8. The number of nitrogens with one attached hydrogen (secondary N) is 3. The Kier molecular flexibility index (Phi) is 6.98. The summed E-state index contributed by atoms with van der Waals surface area (Å²) in [6, 6.07) is 22.6. The number of carbonyl (C=O) groups is 2. The molecule has 0 atom stereocenters. The number of benzene rings is 3. The van der Waals surface area contributed by atoms with E-state index in [1.807, 2.05) is 6.92 Å². The second kappa shape index (κ2) is 10.3. The zero-order chi connectivity index (χ0) is 24.8. The Labute approximate surface area is 203 Å². The van der Waals surface area contributed by atoms with Crippen LogP contribution >= 0.6 is 0 Å². The van der Waals surface area contributed by atoms with Crippen LogP contribution in [0.15, 0.2) is 101 Å². The molecule has 8 nitrogen and oxygen atoms in total. The molecule has 178 valence electrons. The second-order valence-electron chi connectivity index (χ2n) is 7.73. The van der Waals surface area contributed by atoms with Crippen molar-refractivity contribution in [1.29, 1.82) is 0 Å². The highest BCUT2D eigenvalue weighted by molar-refractivity contribution is 7.92. The molecule has 35 heavy (non-hydrogen) atoms. The number of para-hydroxylation sites is 2. The fourth-order valence-electron chi connectivity index (χ4n) is 3.35. The standard InChI is InChI=1S/C26H23N3O5S/c1-18-12-14-20(15-13-18)35(32,33)29-24-11-5-3-9-22(24)26(31)28-23-10-4-2-8-21(23)25(30)27-17-19-7-6-16-34-19/h2-16,29H,17H2,1H3,(H,27,30)(H,28,31). The number of hydrogen-bond donors (Lipinski definition) is 3. The summed E-state index contributed by atoms with van der Waals surface area (Å²) in [5.41, 5.74) is 1.69. The van der Waals surface area contributed by atoms with Gasteiger partial charge in [0, 0.05) is 0 Å². The van der Waals surface area contributed by atoms with Crippen molar-refractivity contribution in [3.8, 4) is 0 Å². The highest BCUT2D eigenvalue weighted by Crippen LogP contribution is 2.23. The van der Waals surface area contributed by atoms with Gasteiger partial charge < -0.3 is 15.1 Å². The Hall–Kier alpha value is -4.37. The number of rotatable bonds is 8. The van der Waals surface area contributed by atoms with Gasteiger partial charge in [0.05, 0.1) is 40.2 Å². The molecule has 0 unspecified atom stereocenters. The summed E-state index contributed by atoms with van der Waals surface area (Å²) < 4.78 is 33.4. The van der Waals surface area contributed by atoms with E-state index >= 15 is 0 Å². The molecule has 9 heteroatoms. The lowest BCUT2D eigenvalue weighted by Gasteiger charge is -2.14. The molecule has 4 rings (SSSR count). The summed E-state index contributed by atoms with van der Waals surface area (Å²) in [7, 11) is -3.91. The van der Waals surface area contributed by atoms with Crippen molar-refractivity contribution in [2.45, 2.75) is 18.4 Å². The summed E-state index contributed by atoms with van der Waals surface area (Å²) >= 11 is 0.